The third-order valence-electron chi connectivity index (χ3n) is 3.02. The SMILES string of the molecule is Cc1ccc(F)c(-n2nnc3ccc(C(=O)O)cc32)c1. The molecule has 0 bridgehead atoms. The highest BCUT2D eigenvalue weighted by Gasteiger charge is 2.13. The summed E-state index contributed by atoms with van der Waals surface area (Å²) in [5.41, 5.74) is 2.19. The molecular weight excluding hydrogens is 261 g/mol. The molecule has 2 aromatic carbocycles. The Kier molecular flexibility index (Phi) is 2.71. The van der Waals surface area contributed by atoms with Gasteiger partial charge in [-0.25, -0.2) is 13.9 Å². The van der Waals surface area contributed by atoms with Crippen molar-refractivity contribution in [2.24, 2.45) is 0 Å². The molecule has 3 aromatic rings. The summed E-state index contributed by atoms with van der Waals surface area (Å²) in [5.74, 6) is -1.49. The first-order valence-electron chi connectivity index (χ1n) is 5.91. The molecule has 1 aromatic heterocycles. The molecule has 0 radical (unpaired) electrons. The predicted molar refractivity (Wildman–Crippen MR) is 70.5 cm³/mol. The van der Waals surface area contributed by atoms with E-state index < -0.39 is 11.8 Å². The van der Waals surface area contributed by atoms with Crippen LogP contribution in [0.1, 0.15) is 15.9 Å². The standard InChI is InChI=1S/C14H10FN3O2/c1-8-2-4-10(15)12(6-8)18-13-7-9(14(19)20)3-5-11(13)16-17-18/h2-7H,1H3,(H,19,20). The quantitative estimate of drug-likeness (QED) is 0.777. The third kappa shape index (κ3) is 1.91. The maximum Gasteiger partial charge on any atom is 0.335 e. The van der Waals surface area contributed by atoms with E-state index >= 15 is 0 Å². The molecule has 0 unspecified atom stereocenters. The molecule has 100 valence electrons. The maximum atomic E-state index is 13.9. The number of benzene rings is 2. The number of aromatic carboxylic acids is 1. The zero-order valence-corrected chi connectivity index (χ0v) is 10.5. The number of nitrogens with zero attached hydrogens (tertiary/aromatic N) is 3. The fourth-order valence-corrected chi connectivity index (χ4v) is 2.01. The van der Waals surface area contributed by atoms with Crippen LogP contribution in [0, 0.1) is 12.7 Å². The van der Waals surface area contributed by atoms with Crippen LogP contribution in [-0.2, 0) is 0 Å². The molecule has 3 rings (SSSR count). The molecule has 0 saturated heterocycles. The highest BCUT2D eigenvalue weighted by molar-refractivity contribution is 5.92. The molecule has 0 aliphatic rings. The molecular formula is C14H10FN3O2. The topological polar surface area (TPSA) is 68.0 Å². The van der Waals surface area contributed by atoms with Gasteiger partial charge in [0.05, 0.1) is 11.1 Å². The third-order valence-corrected chi connectivity index (χ3v) is 3.02. The van der Waals surface area contributed by atoms with Crippen LogP contribution >= 0.6 is 0 Å². The lowest BCUT2D eigenvalue weighted by Gasteiger charge is -2.05. The number of carbonyl (C=O) groups is 1. The molecule has 0 atom stereocenters. The second-order valence-electron chi connectivity index (χ2n) is 4.46. The lowest BCUT2D eigenvalue weighted by atomic mass is 10.2. The Hall–Kier alpha value is -2.76. The van der Waals surface area contributed by atoms with Gasteiger partial charge < -0.3 is 5.11 Å². The summed E-state index contributed by atoms with van der Waals surface area (Å²) in [6.45, 7) is 1.84. The van der Waals surface area contributed by atoms with Gasteiger partial charge in [-0.2, -0.15) is 0 Å². The minimum Gasteiger partial charge on any atom is -0.478 e. The number of rotatable bonds is 2. The zero-order valence-electron chi connectivity index (χ0n) is 10.5. The Morgan fingerprint density at radius 1 is 1.25 bits per heavy atom. The zero-order chi connectivity index (χ0) is 14.3. The Morgan fingerprint density at radius 3 is 2.80 bits per heavy atom. The van der Waals surface area contributed by atoms with Crippen molar-refractivity contribution >= 4 is 17.0 Å². The summed E-state index contributed by atoms with van der Waals surface area (Å²) in [5, 5.41) is 16.8. The summed E-state index contributed by atoms with van der Waals surface area (Å²) in [6.07, 6.45) is 0. The Labute approximate surface area is 113 Å². The Balaban J connectivity index is 2.28. The van der Waals surface area contributed by atoms with E-state index in [1.807, 2.05) is 6.92 Å². The minimum atomic E-state index is -1.05. The predicted octanol–water partition coefficient (Wildman–Crippen LogP) is 2.57. The minimum absolute atomic E-state index is 0.106. The van der Waals surface area contributed by atoms with E-state index in [0.29, 0.717) is 11.0 Å². The molecule has 0 aliphatic heterocycles. The molecule has 1 N–H and O–H groups in total. The number of hydrogen-bond donors (Lipinski definition) is 1. The van der Waals surface area contributed by atoms with Gasteiger partial charge in [0.15, 0.2) is 0 Å². The van der Waals surface area contributed by atoms with Gasteiger partial charge in [0.1, 0.15) is 17.0 Å². The van der Waals surface area contributed by atoms with Crippen molar-refractivity contribution in [1.29, 1.82) is 0 Å². The summed E-state index contributed by atoms with van der Waals surface area (Å²) >= 11 is 0. The van der Waals surface area contributed by atoms with Gasteiger partial charge in [0, 0.05) is 0 Å². The van der Waals surface area contributed by atoms with Gasteiger partial charge in [-0.3, -0.25) is 0 Å². The van der Waals surface area contributed by atoms with Crippen LogP contribution in [0.2, 0.25) is 0 Å². The van der Waals surface area contributed by atoms with Gasteiger partial charge in [-0.15, -0.1) is 5.10 Å². The van der Waals surface area contributed by atoms with Gasteiger partial charge in [0.25, 0.3) is 0 Å². The van der Waals surface area contributed by atoms with Crippen molar-refractivity contribution in [2.45, 2.75) is 6.92 Å². The molecule has 20 heavy (non-hydrogen) atoms. The normalized spacial score (nSPS) is 10.9. The van der Waals surface area contributed by atoms with Crippen molar-refractivity contribution < 1.29 is 14.3 Å². The van der Waals surface area contributed by atoms with Crippen molar-refractivity contribution in [3.8, 4) is 5.69 Å². The maximum absolute atomic E-state index is 13.9. The molecule has 6 heteroatoms. The van der Waals surface area contributed by atoms with E-state index in [4.69, 9.17) is 5.11 Å². The van der Waals surface area contributed by atoms with Crippen molar-refractivity contribution in [2.75, 3.05) is 0 Å². The second-order valence-corrected chi connectivity index (χ2v) is 4.46. The highest BCUT2D eigenvalue weighted by Crippen LogP contribution is 2.21. The van der Waals surface area contributed by atoms with Crippen LogP contribution in [0.25, 0.3) is 16.7 Å². The molecule has 5 nitrogen and oxygen atoms in total. The molecule has 0 amide bonds. The van der Waals surface area contributed by atoms with Crippen molar-refractivity contribution in [3.63, 3.8) is 0 Å². The average molecular weight is 271 g/mol. The first kappa shape index (κ1) is 12.3. The fourth-order valence-electron chi connectivity index (χ4n) is 2.01. The van der Waals surface area contributed by atoms with E-state index in [1.165, 1.54) is 22.9 Å². The second kappa shape index (κ2) is 4.41. The number of fused-ring (bicyclic) bond motifs is 1. The number of aryl methyl sites for hydroxylation is 1. The van der Waals surface area contributed by atoms with Crippen LogP contribution in [0.3, 0.4) is 0 Å². The summed E-state index contributed by atoms with van der Waals surface area (Å²) in [7, 11) is 0. The molecule has 0 spiro atoms. The first-order valence-corrected chi connectivity index (χ1v) is 5.91. The Bertz CT molecular complexity index is 826. The van der Waals surface area contributed by atoms with Gasteiger partial charge >= 0.3 is 5.97 Å². The van der Waals surface area contributed by atoms with Gasteiger partial charge in [0.2, 0.25) is 0 Å². The van der Waals surface area contributed by atoms with Crippen LogP contribution in [0.4, 0.5) is 4.39 Å². The van der Waals surface area contributed by atoms with E-state index in [9.17, 15) is 9.18 Å². The summed E-state index contributed by atoms with van der Waals surface area (Å²) in [4.78, 5) is 11.0. The molecule has 0 fully saturated rings. The lowest BCUT2D eigenvalue weighted by Crippen LogP contribution is -2.02. The van der Waals surface area contributed by atoms with E-state index in [0.717, 1.165) is 5.56 Å². The van der Waals surface area contributed by atoms with Crippen LogP contribution in [0.5, 0.6) is 0 Å². The first-order chi connectivity index (χ1) is 9.56. The number of hydrogen-bond acceptors (Lipinski definition) is 3. The smallest absolute Gasteiger partial charge is 0.335 e. The monoisotopic (exact) mass is 271 g/mol. The largest absolute Gasteiger partial charge is 0.478 e. The van der Waals surface area contributed by atoms with Crippen LogP contribution in [-0.4, -0.2) is 26.1 Å². The van der Waals surface area contributed by atoms with Crippen molar-refractivity contribution in [1.82, 2.24) is 15.0 Å². The molecule has 1 heterocycles. The van der Waals surface area contributed by atoms with Gasteiger partial charge in [-0.05, 0) is 42.8 Å². The van der Waals surface area contributed by atoms with E-state index in [1.54, 1.807) is 18.2 Å². The number of aromatic nitrogens is 3. The number of carboxylic acid groups (broad SMARTS) is 1. The molecule has 0 aliphatic carbocycles. The van der Waals surface area contributed by atoms with Gasteiger partial charge in [-0.1, -0.05) is 11.3 Å². The van der Waals surface area contributed by atoms with E-state index in [2.05, 4.69) is 10.3 Å². The average Bonchev–Trinajstić information content (AvgIpc) is 2.84. The molecule has 0 saturated carbocycles. The fraction of sp³-hybridized carbons (Fsp3) is 0.0714. The van der Waals surface area contributed by atoms with Crippen LogP contribution in [0.15, 0.2) is 36.4 Å². The lowest BCUT2D eigenvalue weighted by molar-refractivity contribution is 0.0697. The Morgan fingerprint density at radius 2 is 2.05 bits per heavy atom. The number of halogens is 1. The van der Waals surface area contributed by atoms with Crippen molar-refractivity contribution in [3.05, 3.63) is 53.3 Å². The summed E-state index contributed by atoms with van der Waals surface area (Å²) < 4.78 is 15.2. The van der Waals surface area contributed by atoms with E-state index in [-0.39, 0.29) is 11.3 Å². The summed E-state index contributed by atoms with van der Waals surface area (Å²) in [6, 6.07) is 9.06. The highest BCUT2D eigenvalue weighted by atomic mass is 19.1. The van der Waals surface area contributed by atoms with Crippen LogP contribution < -0.4 is 0 Å². The number of carboxylic acids is 1.